The van der Waals surface area contributed by atoms with Crippen LogP contribution in [0.25, 0.3) is 0 Å². The predicted octanol–water partition coefficient (Wildman–Crippen LogP) is 0.462. The number of nitrogens with one attached hydrogen (secondary N) is 1. The zero-order valence-electron chi connectivity index (χ0n) is 10.5. The normalized spacial score (nSPS) is 12.9. The van der Waals surface area contributed by atoms with Gasteiger partial charge in [0, 0.05) is 6.61 Å². The Hall–Kier alpha value is -1.35. The molecule has 0 fully saturated rings. The lowest BCUT2D eigenvalue weighted by Gasteiger charge is -2.14. The summed E-state index contributed by atoms with van der Waals surface area (Å²) >= 11 is 5.82. The fraction of sp³-hybridized carbons (Fsp3) is 0.364. The average Bonchev–Trinajstić information content (AvgIpc) is 2.37. The van der Waals surface area contributed by atoms with Gasteiger partial charge in [-0.3, -0.25) is 4.79 Å². The van der Waals surface area contributed by atoms with Crippen LogP contribution in [0.2, 0.25) is 5.02 Å². The molecule has 9 heteroatoms. The largest absolute Gasteiger partial charge is 0.495 e. The van der Waals surface area contributed by atoms with Crippen LogP contribution in [-0.4, -0.2) is 44.4 Å². The number of methoxy groups -OCH3 is 1. The molecule has 0 aliphatic rings. The molecule has 1 rings (SSSR count). The molecule has 20 heavy (non-hydrogen) atoms. The van der Waals surface area contributed by atoms with Crippen molar-refractivity contribution in [2.75, 3.05) is 13.7 Å². The van der Waals surface area contributed by atoms with Gasteiger partial charge in [0.2, 0.25) is 10.0 Å². The molecular formula is C11H14ClNO6S. The van der Waals surface area contributed by atoms with Crippen LogP contribution < -0.4 is 9.46 Å². The molecule has 3 N–H and O–H groups in total. The van der Waals surface area contributed by atoms with Gasteiger partial charge in [-0.05, 0) is 24.6 Å². The zero-order valence-corrected chi connectivity index (χ0v) is 12.1. The second-order valence-electron chi connectivity index (χ2n) is 3.82. The van der Waals surface area contributed by atoms with E-state index in [4.69, 9.17) is 26.6 Å². The van der Waals surface area contributed by atoms with E-state index in [1.54, 1.807) is 0 Å². The van der Waals surface area contributed by atoms with Crippen LogP contribution in [0, 0.1) is 0 Å². The highest BCUT2D eigenvalue weighted by Gasteiger charge is 2.25. The number of sulfonamides is 1. The topological polar surface area (TPSA) is 113 Å². The minimum absolute atomic E-state index is 0.0874. The summed E-state index contributed by atoms with van der Waals surface area (Å²) < 4.78 is 30.9. The van der Waals surface area contributed by atoms with E-state index in [2.05, 4.69) is 0 Å². The summed E-state index contributed by atoms with van der Waals surface area (Å²) in [4.78, 5) is 10.7. The highest BCUT2D eigenvalue weighted by molar-refractivity contribution is 7.89. The second-order valence-corrected chi connectivity index (χ2v) is 5.94. The molecule has 0 saturated carbocycles. The number of benzene rings is 1. The Morgan fingerprint density at radius 3 is 2.60 bits per heavy atom. The Morgan fingerprint density at radius 2 is 2.15 bits per heavy atom. The minimum atomic E-state index is -4.06. The first-order valence-corrected chi connectivity index (χ1v) is 7.37. The maximum atomic E-state index is 12.0. The molecule has 0 saturated heterocycles. The summed E-state index contributed by atoms with van der Waals surface area (Å²) in [6, 6.07) is 2.34. The van der Waals surface area contributed by atoms with E-state index in [1.165, 1.54) is 19.2 Å². The second kappa shape index (κ2) is 6.89. The molecule has 0 radical (unpaired) electrons. The average molecular weight is 324 g/mol. The predicted molar refractivity (Wildman–Crippen MR) is 71.5 cm³/mol. The van der Waals surface area contributed by atoms with Crippen molar-refractivity contribution in [2.45, 2.75) is 17.4 Å². The molecule has 1 aromatic carbocycles. The van der Waals surface area contributed by atoms with Crippen molar-refractivity contribution < 1.29 is 28.2 Å². The van der Waals surface area contributed by atoms with Crippen LogP contribution in [0.4, 0.5) is 0 Å². The standard InChI is InChI=1S/C11H14ClNO6S/c1-19-10-3-2-7(6-8(10)12)20(17,18)13-9(4-5-14)11(15)16/h2-3,6,9,13-14H,4-5H2,1H3,(H,15,16)/t9-/m1/s1. The Labute approximate surface area is 121 Å². The highest BCUT2D eigenvalue weighted by Crippen LogP contribution is 2.26. The van der Waals surface area contributed by atoms with Crippen molar-refractivity contribution in [1.82, 2.24) is 4.72 Å². The van der Waals surface area contributed by atoms with Gasteiger partial charge in [0.1, 0.15) is 11.8 Å². The number of carboxylic acid groups (broad SMARTS) is 1. The molecule has 0 aliphatic carbocycles. The molecule has 0 aliphatic heterocycles. The van der Waals surface area contributed by atoms with E-state index in [0.29, 0.717) is 5.75 Å². The zero-order chi connectivity index (χ0) is 15.3. The van der Waals surface area contributed by atoms with E-state index in [0.717, 1.165) is 6.07 Å². The van der Waals surface area contributed by atoms with Crippen molar-refractivity contribution in [3.63, 3.8) is 0 Å². The molecule has 0 spiro atoms. The molecule has 112 valence electrons. The molecule has 1 aromatic rings. The lowest BCUT2D eigenvalue weighted by Crippen LogP contribution is -2.41. The third-order valence-electron chi connectivity index (χ3n) is 2.45. The van der Waals surface area contributed by atoms with Crippen LogP contribution in [0.1, 0.15) is 6.42 Å². The third-order valence-corrected chi connectivity index (χ3v) is 4.21. The van der Waals surface area contributed by atoms with Gasteiger partial charge in [0.25, 0.3) is 0 Å². The van der Waals surface area contributed by atoms with Crippen LogP contribution in [0.5, 0.6) is 5.75 Å². The molecule has 1 atom stereocenters. The van der Waals surface area contributed by atoms with Crippen molar-refractivity contribution in [3.05, 3.63) is 23.2 Å². The number of hydrogen-bond donors (Lipinski definition) is 3. The van der Waals surface area contributed by atoms with E-state index < -0.39 is 28.6 Å². The molecule has 0 amide bonds. The summed E-state index contributed by atoms with van der Waals surface area (Å²) in [5, 5.41) is 17.7. The monoisotopic (exact) mass is 323 g/mol. The molecular weight excluding hydrogens is 310 g/mol. The quantitative estimate of drug-likeness (QED) is 0.672. The van der Waals surface area contributed by atoms with E-state index in [9.17, 15) is 13.2 Å². The van der Waals surface area contributed by atoms with Gasteiger partial charge in [0.15, 0.2) is 0 Å². The SMILES string of the molecule is COc1ccc(S(=O)(=O)N[C@H](CCO)C(=O)O)cc1Cl. The van der Waals surface area contributed by atoms with E-state index in [-0.39, 0.29) is 16.3 Å². The summed E-state index contributed by atoms with van der Waals surface area (Å²) in [6.07, 6.45) is -0.238. The molecule has 0 unspecified atom stereocenters. The number of carbonyl (C=O) groups is 1. The summed E-state index contributed by atoms with van der Waals surface area (Å²) in [6.45, 7) is -0.456. The van der Waals surface area contributed by atoms with Gasteiger partial charge < -0.3 is 14.9 Å². The Kier molecular flexibility index (Phi) is 5.75. The lowest BCUT2D eigenvalue weighted by atomic mass is 10.2. The van der Waals surface area contributed by atoms with Gasteiger partial charge in [-0.25, -0.2) is 8.42 Å². The number of aliphatic carboxylic acids is 1. The Balaban J connectivity index is 3.04. The maximum absolute atomic E-state index is 12.0. The van der Waals surface area contributed by atoms with Crippen molar-refractivity contribution in [2.24, 2.45) is 0 Å². The Bertz CT molecular complexity index is 589. The van der Waals surface area contributed by atoms with Gasteiger partial charge in [0.05, 0.1) is 17.0 Å². The first kappa shape index (κ1) is 16.7. The number of ether oxygens (including phenoxy) is 1. The summed E-state index contributed by atoms with van der Waals surface area (Å²) in [5.74, 6) is -1.07. The maximum Gasteiger partial charge on any atom is 0.321 e. The van der Waals surface area contributed by atoms with Crippen LogP contribution in [0.15, 0.2) is 23.1 Å². The summed E-state index contributed by atoms with van der Waals surface area (Å²) in [5.41, 5.74) is 0. The van der Waals surface area contributed by atoms with Crippen molar-refractivity contribution in [3.8, 4) is 5.75 Å². The highest BCUT2D eigenvalue weighted by atomic mass is 35.5. The minimum Gasteiger partial charge on any atom is -0.495 e. The number of rotatable bonds is 7. The van der Waals surface area contributed by atoms with Crippen molar-refractivity contribution in [1.29, 1.82) is 0 Å². The first-order chi connectivity index (χ1) is 9.31. The third kappa shape index (κ3) is 4.07. The van der Waals surface area contributed by atoms with Crippen LogP contribution in [-0.2, 0) is 14.8 Å². The first-order valence-electron chi connectivity index (χ1n) is 5.51. The van der Waals surface area contributed by atoms with Crippen LogP contribution >= 0.6 is 11.6 Å². The molecule has 7 nitrogen and oxygen atoms in total. The van der Waals surface area contributed by atoms with Crippen LogP contribution in [0.3, 0.4) is 0 Å². The Morgan fingerprint density at radius 1 is 1.50 bits per heavy atom. The molecule has 0 aromatic heterocycles. The number of aliphatic hydroxyl groups is 1. The lowest BCUT2D eigenvalue weighted by molar-refractivity contribution is -0.139. The number of hydrogen-bond acceptors (Lipinski definition) is 5. The molecule has 0 bridgehead atoms. The van der Waals surface area contributed by atoms with Gasteiger partial charge >= 0.3 is 5.97 Å². The van der Waals surface area contributed by atoms with Gasteiger partial charge in [-0.2, -0.15) is 4.72 Å². The summed E-state index contributed by atoms with van der Waals surface area (Å²) in [7, 11) is -2.67. The van der Waals surface area contributed by atoms with Crippen molar-refractivity contribution >= 4 is 27.6 Å². The number of carboxylic acids is 1. The fourth-order valence-corrected chi connectivity index (χ4v) is 3.00. The molecule has 0 heterocycles. The smallest absolute Gasteiger partial charge is 0.321 e. The van der Waals surface area contributed by atoms with E-state index >= 15 is 0 Å². The van der Waals surface area contributed by atoms with Gasteiger partial charge in [-0.15, -0.1) is 0 Å². The number of halogens is 1. The fourth-order valence-electron chi connectivity index (χ4n) is 1.43. The van der Waals surface area contributed by atoms with E-state index in [1.807, 2.05) is 4.72 Å². The number of aliphatic hydroxyl groups excluding tert-OH is 1. The van der Waals surface area contributed by atoms with Gasteiger partial charge in [-0.1, -0.05) is 11.6 Å².